The molecular formula is C44H89BO2. The highest BCUT2D eigenvalue weighted by Crippen LogP contribution is 2.59. The van der Waals surface area contributed by atoms with Gasteiger partial charge in [0.05, 0.1) is 12.2 Å². The fourth-order valence-corrected chi connectivity index (χ4v) is 10.1. The summed E-state index contributed by atoms with van der Waals surface area (Å²) < 4.78 is 14.7. The standard InChI is InChI=1S/C44H89BO2/c1-11-17-23-28-31-41(7,32-29-24-18-12-2)37-44(45)39(42(8,33-22-16-6)34-26-20-14-4)38(46-10)40(47-44)43(9,35-27-21-15-5)36-30-25-19-13-3/h38-40H,11-37,45H2,1-10H3/t38?,39?,40?,42?,43?,44-/m1/s1. The predicted octanol–water partition coefficient (Wildman–Crippen LogP) is 14.0. The Morgan fingerprint density at radius 1 is 0.511 bits per heavy atom. The molecule has 47 heavy (non-hydrogen) atoms. The first-order valence-electron chi connectivity index (χ1n) is 21.7. The Hall–Kier alpha value is -0.0151. The number of methoxy groups -OCH3 is 1. The van der Waals surface area contributed by atoms with E-state index in [4.69, 9.17) is 9.47 Å². The summed E-state index contributed by atoms with van der Waals surface area (Å²) in [5.41, 5.74) is 0.538. The molecule has 5 unspecified atom stereocenters. The van der Waals surface area contributed by atoms with Crippen LogP contribution >= 0.6 is 0 Å². The molecule has 0 aromatic rings. The van der Waals surface area contributed by atoms with Crippen molar-refractivity contribution in [2.45, 2.75) is 253 Å². The first-order chi connectivity index (χ1) is 22.5. The van der Waals surface area contributed by atoms with Gasteiger partial charge in [0.25, 0.3) is 0 Å². The van der Waals surface area contributed by atoms with Crippen molar-refractivity contribution in [3.05, 3.63) is 0 Å². The van der Waals surface area contributed by atoms with E-state index < -0.39 is 0 Å². The van der Waals surface area contributed by atoms with Crippen LogP contribution in [0, 0.1) is 22.2 Å². The molecule has 0 radical (unpaired) electrons. The van der Waals surface area contributed by atoms with Gasteiger partial charge in [-0.15, -0.1) is 0 Å². The van der Waals surface area contributed by atoms with Crippen LogP contribution in [0.3, 0.4) is 0 Å². The van der Waals surface area contributed by atoms with Crippen molar-refractivity contribution < 1.29 is 9.47 Å². The van der Waals surface area contributed by atoms with Gasteiger partial charge in [0.2, 0.25) is 0 Å². The maximum atomic E-state index is 7.88. The molecule has 280 valence electrons. The summed E-state index contributed by atoms with van der Waals surface area (Å²) in [5.74, 6) is 0.431. The molecule has 1 fully saturated rings. The lowest BCUT2D eigenvalue weighted by Crippen LogP contribution is -2.51. The van der Waals surface area contributed by atoms with Gasteiger partial charge < -0.3 is 9.47 Å². The van der Waals surface area contributed by atoms with Gasteiger partial charge in [0.15, 0.2) is 0 Å². The SMILES string of the molecule is B[C@]1(CC(C)(CCCCCC)CCCCCC)OC(C(C)(CCCCC)CCCCCC)C(OC)C1C(C)(CCCC)CCCCC. The normalized spacial score (nSPS) is 24.4. The highest BCUT2D eigenvalue weighted by atomic mass is 16.6. The van der Waals surface area contributed by atoms with Gasteiger partial charge in [0, 0.05) is 18.5 Å². The first kappa shape index (κ1) is 45.0. The lowest BCUT2D eigenvalue weighted by molar-refractivity contribution is -0.104. The fourth-order valence-electron chi connectivity index (χ4n) is 10.1. The van der Waals surface area contributed by atoms with Crippen LogP contribution < -0.4 is 0 Å². The smallest absolute Gasteiger partial charge is 0.143 e. The Bertz CT molecular complexity index is 743. The van der Waals surface area contributed by atoms with E-state index in [2.05, 4.69) is 70.2 Å². The van der Waals surface area contributed by atoms with Crippen molar-refractivity contribution in [1.29, 1.82) is 0 Å². The monoisotopic (exact) mass is 661 g/mol. The average molecular weight is 661 g/mol. The summed E-state index contributed by atoms with van der Waals surface area (Å²) in [7, 11) is 4.64. The highest BCUT2D eigenvalue weighted by molar-refractivity contribution is 6.15. The van der Waals surface area contributed by atoms with Gasteiger partial charge in [-0.1, -0.05) is 191 Å². The summed E-state index contributed by atoms with van der Waals surface area (Å²) in [6, 6.07) is 0. The largest absolute Gasteiger partial charge is 0.378 e. The van der Waals surface area contributed by atoms with Crippen LogP contribution in [0.25, 0.3) is 0 Å². The van der Waals surface area contributed by atoms with Gasteiger partial charge in [-0.3, -0.25) is 0 Å². The van der Waals surface area contributed by atoms with E-state index in [-0.39, 0.29) is 28.5 Å². The second kappa shape index (κ2) is 24.2. The second-order valence-electron chi connectivity index (χ2n) is 17.8. The second-order valence-corrected chi connectivity index (χ2v) is 17.8. The first-order valence-corrected chi connectivity index (χ1v) is 21.7. The Morgan fingerprint density at radius 3 is 1.30 bits per heavy atom. The zero-order valence-electron chi connectivity index (χ0n) is 34.6. The molecule has 0 aliphatic carbocycles. The Morgan fingerprint density at radius 2 is 0.872 bits per heavy atom. The van der Waals surface area contributed by atoms with Gasteiger partial charge in [-0.05, 0) is 61.2 Å². The van der Waals surface area contributed by atoms with Crippen molar-refractivity contribution in [1.82, 2.24) is 0 Å². The summed E-state index contributed by atoms with van der Waals surface area (Å²) in [6.07, 6.45) is 36.1. The van der Waals surface area contributed by atoms with E-state index >= 15 is 0 Å². The van der Waals surface area contributed by atoms with E-state index in [9.17, 15) is 0 Å². The van der Waals surface area contributed by atoms with Crippen LogP contribution in [-0.4, -0.2) is 32.7 Å². The van der Waals surface area contributed by atoms with Crippen molar-refractivity contribution in [2.75, 3.05) is 7.11 Å². The predicted molar refractivity (Wildman–Crippen MR) is 213 cm³/mol. The molecule has 0 aromatic carbocycles. The molecule has 2 nitrogen and oxygen atoms in total. The zero-order chi connectivity index (χ0) is 35.2. The van der Waals surface area contributed by atoms with Crippen LogP contribution in [0.4, 0.5) is 0 Å². The number of rotatable bonds is 31. The molecule has 1 aliphatic rings. The lowest BCUT2D eigenvalue weighted by atomic mass is 9.52. The number of hydrogen-bond donors (Lipinski definition) is 0. The molecule has 3 heteroatoms. The third-order valence-electron chi connectivity index (χ3n) is 12.8. The Labute approximate surface area is 299 Å². The van der Waals surface area contributed by atoms with E-state index in [1.165, 1.54) is 173 Å². The van der Waals surface area contributed by atoms with Crippen LogP contribution in [0.2, 0.25) is 0 Å². The molecule has 0 amide bonds. The molecule has 0 spiro atoms. The van der Waals surface area contributed by atoms with Crippen LogP contribution in [0.5, 0.6) is 0 Å². The van der Waals surface area contributed by atoms with Crippen molar-refractivity contribution in [3.8, 4) is 0 Å². The molecule has 1 heterocycles. The average Bonchev–Trinajstić information content (AvgIpc) is 3.35. The minimum absolute atomic E-state index is 0.160. The minimum atomic E-state index is -0.167. The topological polar surface area (TPSA) is 18.5 Å². The fraction of sp³-hybridized carbons (Fsp3) is 1.00. The van der Waals surface area contributed by atoms with Crippen molar-refractivity contribution >= 4 is 7.85 Å². The van der Waals surface area contributed by atoms with Gasteiger partial charge in [-0.2, -0.15) is 0 Å². The molecular weight excluding hydrogens is 571 g/mol. The van der Waals surface area contributed by atoms with Crippen LogP contribution in [-0.2, 0) is 9.47 Å². The summed E-state index contributed by atoms with van der Waals surface area (Å²) in [6.45, 7) is 22.1. The van der Waals surface area contributed by atoms with E-state index in [1.54, 1.807) is 0 Å². The summed E-state index contributed by atoms with van der Waals surface area (Å²) >= 11 is 0. The molecule has 0 N–H and O–H groups in total. The Balaban J connectivity index is 3.73. The maximum absolute atomic E-state index is 7.88. The van der Waals surface area contributed by atoms with E-state index in [1.807, 2.05) is 7.11 Å². The van der Waals surface area contributed by atoms with E-state index in [0.29, 0.717) is 11.3 Å². The molecule has 1 aliphatic heterocycles. The van der Waals surface area contributed by atoms with Gasteiger partial charge >= 0.3 is 0 Å². The molecule has 1 saturated heterocycles. The molecule has 0 saturated carbocycles. The van der Waals surface area contributed by atoms with Crippen molar-refractivity contribution in [3.63, 3.8) is 0 Å². The van der Waals surface area contributed by atoms with Crippen LogP contribution in [0.15, 0.2) is 0 Å². The van der Waals surface area contributed by atoms with E-state index in [0.717, 1.165) is 0 Å². The number of unbranched alkanes of at least 4 members (excludes halogenated alkanes) is 14. The summed E-state index contributed by atoms with van der Waals surface area (Å²) in [4.78, 5) is 0. The minimum Gasteiger partial charge on any atom is -0.378 e. The zero-order valence-corrected chi connectivity index (χ0v) is 34.6. The third kappa shape index (κ3) is 15.0. The molecule has 1 rings (SSSR count). The van der Waals surface area contributed by atoms with Crippen LogP contribution in [0.1, 0.15) is 236 Å². The van der Waals surface area contributed by atoms with Gasteiger partial charge in [0.1, 0.15) is 7.85 Å². The van der Waals surface area contributed by atoms with Crippen molar-refractivity contribution in [2.24, 2.45) is 22.2 Å². The molecule has 6 atom stereocenters. The van der Waals surface area contributed by atoms with Gasteiger partial charge in [-0.25, -0.2) is 0 Å². The summed E-state index contributed by atoms with van der Waals surface area (Å²) in [5, 5.41) is 0. The quantitative estimate of drug-likeness (QED) is 0.0544. The molecule has 0 bridgehead atoms. The maximum Gasteiger partial charge on any atom is 0.143 e. The third-order valence-corrected chi connectivity index (χ3v) is 12.8. The lowest BCUT2D eigenvalue weighted by Gasteiger charge is -2.49. The molecule has 0 aromatic heterocycles. The Kier molecular flexibility index (Phi) is 23.2. The highest BCUT2D eigenvalue weighted by Gasteiger charge is 2.62. The number of ether oxygens (including phenoxy) is 2. The number of hydrogen-bond acceptors (Lipinski definition) is 2.